The van der Waals surface area contributed by atoms with Gasteiger partial charge in [-0.2, -0.15) is 10.2 Å². The molecule has 1 aliphatic rings. The molecule has 0 amide bonds. The molecule has 84 valence electrons. The molecule has 17 heavy (non-hydrogen) atoms. The summed E-state index contributed by atoms with van der Waals surface area (Å²) in [6.45, 7) is 0. The van der Waals surface area contributed by atoms with Gasteiger partial charge in [-0.1, -0.05) is 12.1 Å². The van der Waals surface area contributed by atoms with E-state index in [9.17, 15) is 8.78 Å². The first kappa shape index (κ1) is 10.1. The van der Waals surface area contributed by atoms with Gasteiger partial charge in [-0.25, -0.2) is 8.78 Å². The highest BCUT2D eigenvalue weighted by Gasteiger charge is 2.12. The molecule has 3 rings (SSSR count). The van der Waals surface area contributed by atoms with Crippen LogP contribution in [0.1, 0.15) is 11.1 Å². The van der Waals surface area contributed by atoms with Crippen molar-refractivity contribution in [2.45, 2.75) is 6.42 Å². The average molecular weight is 230 g/mol. The van der Waals surface area contributed by atoms with Crippen LogP contribution in [0.3, 0.4) is 0 Å². The fraction of sp³-hybridized carbons (Fsp3) is 0.0769. The van der Waals surface area contributed by atoms with Crippen LogP contribution in [0.5, 0.6) is 0 Å². The van der Waals surface area contributed by atoms with Crippen LogP contribution in [0.25, 0.3) is 0 Å². The van der Waals surface area contributed by atoms with Crippen LogP contribution in [-0.4, -0.2) is 0 Å². The molecule has 0 fully saturated rings. The number of hydrogen-bond donors (Lipinski definition) is 0. The monoisotopic (exact) mass is 230 g/mol. The maximum atomic E-state index is 13.1. The molecule has 0 saturated heterocycles. The molecule has 0 aliphatic carbocycles. The van der Waals surface area contributed by atoms with Gasteiger partial charge in [-0.05, 0) is 23.3 Å². The lowest BCUT2D eigenvalue weighted by Crippen LogP contribution is -1.89. The molecule has 2 aromatic carbocycles. The molecule has 0 aromatic heterocycles. The van der Waals surface area contributed by atoms with E-state index in [-0.39, 0.29) is 11.6 Å². The van der Waals surface area contributed by atoms with Crippen LogP contribution < -0.4 is 0 Å². The highest BCUT2D eigenvalue weighted by Crippen LogP contribution is 2.33. The lowest BCUT2D eigenvalue weighted by molar-refractivity contribution is 0.627. The number of halogens is 2. The van der Waals surface area contributed by atoms with Gasteiger partial charge in [-0.3, -0.25) is 0 Å². The van der Waals surface area contributed by atoms with Gasteiger partial charge in [0.25, 0.3) is 0 Å². The molecular weight excluding hydrogens is 222 g/mol. The Morgan fingerprint density at radius 3 is 1.71 bits per heavy atom. The molecule has 0 unspecified atom stereocenters. The fourth-order valence-electron chi connectivity index (χ4n) is 1.87. The Morgan fingerprint density at radius 2 is 1.24 bits per heavy atom. The minimum Gasteiger partial charge on any atom is -0.207 e. The molecule has 0 bridgehead atoms. The second kappa shape index (κ2) is 3.73. The maximum absolute atomic E-state index is 13.1. The molecule has 0 spiro atoms. The van der Waals surface area contributed by atoms with E-state index in [2.05, 4.69) is 10.2 Å². The Hall–Kier alpha value is -2.10. The summed E-state index contributed by atoms with van der Waals surface area (Å²) in [5.74, 6) is -0.695. The van der Waals surface area contributed by atoms with Gasteiger partial charge in [0, 0.05) is 18.6 Å². The van der Waals surface area contributed by atoms with E-state index in [1.54, 1.807) is 12.1 Å². The molecule has 1 heterocycles. The zero-order valence-electron chi connectivity index (χ0n) is 8.82. The van der Waals surface area contributed by atoms with Crippen molar-refractivity contribution in [3.63, 3.8) is 0 Å². The standard InChI is InChI=1S/C13H8F2N2/c14-10-3-1-8-5-9-2-4-11(15)7-13(9)17-16-12(8)6-10/h1-4,6-7H,5H2. The molecular formula is C13H8F2N2. The van der Waals surface area contributed by atoms with Crippen LogP contribution >= 0.6 is 0 Å². The van der Waals surface area contributed by atoms with Crippen molar-refractivity contribution in [3.8, 4) is 0 Å². The number of azo groups is 1. The molecule has 2 aromatic rings. The first-order valence-electron chi connectivity index (χ1n) is 5.21. The Kier molecular flexibility index (Phi) is 2.21. The minimum atomic E-state index is -0.347. The Morgan fingerprint density at radius 1 is 0.765 bits per heavy atom. The first-order chi connectivity index (χ1) is 8.22. The summed E-state index contributed by atoms with van der Waals surface area (Å²) < 4.78 is 26.1. The van der Waals surface area contributed by atoms with Crippen molar-refractivity contribution in [1.29, 1.82) is 0 Å². The highest BCUT2D eigenvalue weighted by molar-refractivity contribution is 5.56. The molecule has 2 nitrogen and oxygen atoms in total. The Balaban J connectivity index is 2.16. The predicted octanol–water partition coefficient (Wildman–Crippen LogP) is 4.28. The van der Waals surface area contributed by atoms with Crippen LogP contribution in [0.2, 0.25) is 0 Å². The second-order valence-corrected chi connectivity index (χ2v) is 3.92. The molecule has 0 N–H and O–H groups in total. The van der Waals surface area contributed by atoms with Gasteiger partial charge in [0.05, 0.1) is 11.4 Å². The van der Waals surface area contributed by atoms with Crippen molar-refractivity contribution in [2.24, 2.45) is 10.2 Å². The van der Waals surface area contributed by atoms with Crippen molar-refractivity contribution < 1.29 is 8.78 Å². The van der Waals surface area contributed by atoms with E-state index in [0.717, 1.165) is 11.1 Å². The molecule has 0 radical (unpaired) electrons. The topological polar surface area (TPSA) is 24.7 Å². The summed E-state index contributed by atoms with van der Waals surface area (Å²) in [6, 6.07) is 8.82. The van der Waals surface area contributed by atoms with Crippen molar-refractivity contribution in [2.75, 3.05) is 0 Å². The maximum Gasteiger partial charge on any atom is 0.125 e. The first-order valence-corrected chi connectivity index (χ1v) is 5.21. The lowest BCUT2D eigenvalue weighted by atomic mass is 10.0. The molecule has 0 saturated carbocycles. The van der Waals surface area contributed by atoms with Gasteiger partial charge in [0.2, 0.25) is 0 Å². The smallest absolute Gasteiger partial charge is 0.125 e. The van der Waals surface area contributed by atoms with Gasteiger partial charge >= 0.3 is 0 Å². The average Bonchev–Trinajstić information content (AvgIpc) is 2.48. The van der Waals surface area contributed by atoms with Crippen LogP contribution in [0, 0.1) is 11.6 Å². The van der Waals surface area contributed by atoms with Crippen molar-refractivity contribution in [1.82, 2.24) is 0 Å². The SMILES string of the molecule is Fc1ccc2c(c1)N=Nc1cc(F)ccc1C2. The van der Waals surface area contributed by atoms with Gasteiger partial charge in [-0.15, -0.1) is 0 Å². The number of nitrogens with zero attached hydrogens (tertiary/aromatic N) is 2. The van der Waals surface area contributed by atoms with Gasteiger partial charge in [0.15, 0.2) is 0 Å². The summed E-state index contributed by atoms with van der Waals surface area (Å²) in [7, 11) is 0. The normalized spacial score (nSPS) is 12.8. The summed E-state index contributed by atoms with van der Waals surface area (Å²) in [5.41, 5.74) is 2.78. The molecule has 0 atom stereocenters. The van der Waals surface area contributed by atoms with E-state index >= 15 is 0 Å². The summed E-state index contributed by atoms with van der Waals surface area (Å²) in [5, 5.41) is 7.90. The quantitative estimate of drug-likeness (QED) is 0.550. The van der Waals surface area contributed by atoms with E-state index < -0.39 is 0 Å². The summed E-state index contributed by atoms with van der Waals surface area (Å²) in [6.07, 6.45) is 0.582. The zero-order valence-corrected chi connectivity index (χ0v) is 8.82. The van der Waals surface area contributed by atoms with E-state index in [1.165, 1.54) is 24.3 Å². The largest absolute Gasteiger partial charge is 0.207 e. The van der Waals surface area contributed by atoms with E-state index in [4.69, 9.17) is 0 Å². The van der Waals surface area contributed by atoms with Gasteiger partial charge in [0.1, 0.15) is 11.6 Å². The lowest BCUT2D eigenvalue weighted by Gasteiger charge is -2.03. The second-order valence-electron chi connectivity index (χ2n) is 3.92. The third kappa shape index (κ3) is 1.82. The highest BCUT2D eigenvalue weighted by atomic mass is 19.1. The van der Waals surface area contributed by atoms with Gasteiger partial charge < -0.3 is 0 Å². The molecule has 4 heteroatoms. The van der Waals surface area contributed by atoms with E-state index in [0.29, 0.717) is 17.8 Å². The van der Waals surface area contributed by atoms with Crippen molar-refractivity contribution >= 4 is 11.4 Å². The summed E-state index contributed by atoms with van der Waals surface area (Å²) in [4.78, 5) is 0. The number of hydrogen-bond acceptors (Lipinski definition) is 2. The number of rotatable bonds is 0. The minimum absolute atomic E-state index is 0.347. The predicted molar refractivity (Wildman–Crippen MR) is 59.8 cm³/mol. The number of benzene rings is 2. The summed E-state index contributed by atoms with van der Waals surface area (Å²) >= 11 is 0. The third-order valence-electron chi connectivity index (χ3n) is 2.74. The molecule has 1 aliphatic heterocycles. The number of fused-ring (bicyclic) bond motifs is 2. The van der Waals surface area contributed by atoms with Crippen LogP contribution in [-0.2, 0) is 6.42 Å². The Labute approximate surface area is 96.6 Å². The fourth-order valence-corrected chi connectivity index (χ4v) is 1.87. The zero-order chi connectivity index (χ0) is 11.8. The van der Waals surface area contributed by atoms with Crippen LogP contribution in [0.15, 0.2) is 46.6 Å². The van der Waals surface area contributed by atoms with E-state index in [1.807, 2.05) is 0 Å². The van der Waals surface area contributed by atoms with Crippen molar-refractivity contribution in [3.05, 3.63) is 59.2 Å². The third-order valence-corrected chi connectivity index (χ3v) is 2.74. The Bertz CT molecular complexity index is 567. The van der Waals surface area contributed by atoms with Crippen LogP contribution in [0.4, 0.5) is 20.2 Å².